The Morgan fingerprint density at radius 3 is 2.70 bits per heavy atom. The Hall–Kier alpha value is -1.77. The summed E-state index contributed by atoms with van der Waals surface area (Å²) in [5.74, 6) is -0.305. The molecule has 1 atom stereocenters. The molecule has 0 aliphatic rings. The van der Waals surface area contributed by atoms with Gasteiger partial charge in [-0.25, -0.2) is 8.78 Å². The Bertz CT molecular complexity index is 697. The second kappa shape index (κ2) is 7.20. The lowest BCUT2D eigenvalue weighted by molar-refractivity contribution is -0.122. The first-order valence-corrected chi connectivity index (χ1v) is 7.96. The van der Waals surface area contributed by atoms with Gasteiger partial charge in [-0.1, -0.05) is 0 Å². The SMILES string of the molecule is CCn1nccc1C(C)NC(=O)Cn1nc(C(F)F)c(Br)c1C. The molecule has 0 aliphatic carbocycles. The van der Waals surface area contributed by atoms with Gasteiger partial charge >= 0.3 is 0 Å². The van der Waals surface area contributed by atoms with Crippen LogP contribution in [0.15, 0.2) is 16.7 Å². The van der Waals surface area contributed by atoms with Crippen molar-refractivity contribution in [3.05, 3.63) is 33.8 Å². The van der Waals surface area contributed by atoms with Crippen molar-refractivity contribution >= 4 is 21.8 Å². The highest BCUT2D eigenvalue weighted by atomic mass is 79.9. The van der Waals surface area contributed by atoms with Crippen LogP contribution in [0.5, 0.6) is 0 Å². The number of nitrogens with one attached hydrogen (secondary N) is 1. The summed E-state index contributed by atoms with van der Waals surface area (Å²) in [6.45, 7) is 6.01. The molecular weight excluding hydrogens is 372 g/mol. The molecule has 2 aromatic heterocycles. The van der Waals surface area contributed by atoms with E-state index >= 15 is 0 Å². The van der Waals surface area contributed by atoms with Crippen LogP contribution in [-0.2, 0) is 17.9 Å². The van der Waals surface area contributed by atoms with Gasteiger partial charge in [-0.2, -0.15) is 10.2 Å². The molecule has 23 heavy (non-hydrogen) atoms. The Morgan fingerprint density at radius 1 is 1.43 bits per heavy atom. The van der Waals surface area contributed by atoms with Crippen molar-refractivity contribution in [1.82, 2.24) is 24.9 Å². The number of alkyl halides is 2. The molecule has 0 aliphatic heterocycles. The fourth-order valence-corrected chi connectivity index (χ4v) is 2.77. The number of halogens is 3. The lowest BCUT2D eigenvalue weighted by atomic mass is 10.2. The van der Waals surface area contributed by atoms with E-state index in [2.05, 4.69) is 31.4 Å². The van der Waals surface area contributed by atoms with Crippen molar-refractivity contribution in [2.45, 2.75) is 46.3 Å². The molecule has 0 bridgehead atoms. The highest BCUT2D eigenvalue weighted by molar-refractivity contribution is 9.10. The van der Waals surface area contributed by atoms with Crippen molar-refractivity contribution in [2.75, 3.05) is 0 Å². The van der Waals surface area contributed by atoms with E-state index in [9.17, 15) is 13.6 Å². The Labute approximate surface area is 141 Å². The molecule has 1 N–H and O–H groups in total. The molecule has 1 unspecified atom stereocenters. The van der Waals surface area contributed by atoms with Crippen LogP contribution in [0.1, 0.15) is 43.4 Å². The zero-order valence-electron chi connectivity index (χ0n) is 13.1. The molecule has 0 aromatic carbocycles. The van der Waals surface area contributed by atoms with E-state index in [1.165, 1.54) is 4.68 Å². The van der Waals surface area contributed by atoms with Gasteiger partial charge < -0.3 is 5.32 Å². The number of nitrogens with zero attached hydrogens (tertiary/aromatic N) is 4. The summed E-state index contributed by atoms with van der Waals surface area (Å²) in [6.07, 6.45) is -1.02. The summed E-state index contributed by atoms with van der Waals surface area (Å²) in [7, 11) is 0. The standard InChI is InChI=1S/C14H18BrF2N5O/c1-4-21-10(5-6-18-21)8(2)19-11(23)7-22-9(3)12(15)13(20-22)14(16)17/h5-6,8,14H,4,7H2,1-3H3,(H,19,23). The summed E-state index contributed by atoms with van der Waals surface area (Å²) in [6, 6.07) is 1.60. The van der Waals surface area contributed by atoms with Crippen LogP contribution < -0.4 is 5.32 Å². The summed E-state index contributed by atoms with van der Waals surface area (Å²) in [5, 5.41) is 10.8. The van der Waals surface area contributed by atoms with Crippen molar-refractivity contribution in [1.29, 1.82) is 0 Å². The Balaban J connectivity index is 2.07. The van der Waals surface area contributed by atoms with E-state index < -0.39 is 6.43 Å². The maximum absolute atomic E-state index is 12.8. The smallest absolute Gasteiger partial charge is 0.283 e. The predicted molar refractivity (Wildman–Crippen MR) is 84.1 cm³/mol. The number of aryl methyl sites for hydroxylation is 1. The second-order valence-electron chi connectivity index (χ2n) is 5.10. The maximum atomic E-state index is 12.8. The van der Waals surface area contributed by atoms with Gasteiger partial charge in [0, 0.05) is 12.7 Å². The van der Waals surface area contributed by atoms with Gasteiger partial charge in [0.25, 0.3) is 6.43 Å². The van der Waals surface area contributed by atoms with Gasteiger partial charge in [0.2, 0.25) is 5.91 Å². The van der Waals surface area contributed by atoms with Crippen LogP contribution in [-0.4, -0.2) is 25.5 Å². The van der Waals surface area contributed by atoms with E-state index in [4.69, 9.17) is 0 Å². The molecule has 0 saturated heterocycles. The molecular formula is C14H18BrF2N5O. The first-order valence-electron chi connectivity index (χ1n) is 7.17. The third-order valence-electron chi connectivity index (χ3n) is 3.53. The average molecular weight is 390 g/mol. The molecule has 6 nitrogen and oxygen atoms in total. The first-order chi connectivity index (χ1) is 10.8. The van der Waals surface area contributed by atoms with E-state index in [0.29, 0.717) is 12.2 Å². The van der Waals surface area contributed by atoms with E-state index in [-0.39, 0.29) is 28.7 Å². The fraction of sp³-hybridized carbons (Fsp3) is 0.500. The van der Waals surface area contributed by atoms with E-state index in [0.717, 1.165) is 5.69 Å². The Morgan fingerprint density at radius 2 is 2.13 bits per heavy atom. The number of aromatic nitrogens is 4. The highest BCUT2D eigenvalue weighted by Gasteiger charge is 2.22. The van der Waals surface area contributed by atoms with Gasteiger partial charge in [0.1, 0.15) is 12.2 Å². The molecule has 2 heterocycles. The monoisotopic (exact) mass is 389 g/mol. The minimum atomic E-state index is -2.69. The summed E-state index contributed by atoms with van der Waals surface area (Å²) in [5.41, 5.74) is 1.02. The molecule has 2 aromatic rings. The van der Waals surface area contributed by atoms with Gasteiger partial charge in [0.15, 0.2) is 0 Å². The van der Waals surface area contributed by atoms with Crippen LogP contribution in [0.25, 0.3) is 0 Å². The lowest BCUT2D eigenvalue weighted by Gasteiger charge is -2.15. The largest absolute Gasteiger partial charge is 0.346 e. The molecule has 0 fully saturated rings. The van der Waals surface area contributed by atoms with Crippen molar-refractivity contribution in [2.24, 2.45) is 0 Å². The third-order valence-corrected chi connectivity index (χ3v) is 4.51. The molecule has 0 spiro atoms. The second-order valence-corrected chi connectivity index (χ2v) is 5.90. The van der Waals surface area contributed by atoms with Gasteiger partial charge in [-0.15, -0.1) is 0 Å². The van der Waals surface area contributed by atoms with Gasteiger partial charge in [-0.05, 0) is 42.8 Å². The predicted octanol–water partition coefficient (Wildman–Crippen LogP) is 2.99. The number of hydrogen-bond acceptors (Lipinski definition) is 3. The third kappa shape index (κ3) is 3.77. The number of carbonyl (C=O) groups is 1. The number of hydrogen-bond donors (Lipinski definition) is 1. The molecule has 126 valence electrons. The fourth-order valence-electron chi connectivity index (χ4n) is 2.31. The van der Waals surface area contributed by atoms with Crippen molar-refractivity contribution in [3.63, 3.8) is 0 Å². The topological polar surface area (TPSA) is 64.7 Å². The van der Waals surface area contributed by atoms with E-state index in [1.807, 2.05) is 19.9 Å². The minimum Gasteiger partial charge on any atom is -0.346 e. The van der Waals surface area contributed by atoms with Crippen molar-refractivity contribution in [3.8, 4) is 0 Å². The number of rotatable bonds is 6. The minimum absolute atomic E-state index is 0.123. The van der Waals surface area contributed by atoms with Crippen molar-refractivity contribution < 1.29 is 13.6 Å². The zero-order valence-corrected chi connectivity index (χ0v) is 14.6. The number of amides is 1. The first kappa shape index (κ1) is 17.6. The van der Waals surface area contributed by atoms with Gasteiger partial charge in [0.05, 0.1) is 21.9 Å². The quantitative estimate of drug-likeness (QED) is 0.825. The maximum Gasteiger partial charge on any atom is 0.283 e. The normalized spacial score (nSPS) is 12.7. The number of carbonyl (C=O) groups excluding carboxylic acids is 1. The van der Waals surface area contributed by atoms with Crippen LogP contribution in [0.3, 0.4) is 0 Å². The van der Waals surface area contributed by atoms with Crippen LogP contribution in [0.2, 0.25) is 0 Å². The summed E-state index contributed by atoms with van der Waals surface area (Å²) < 4.78 is 28.9. The van der Waals surface area contributed by atoms with Gasteiger partial charge in [-0.3, -0.25) is 14.2 Å². The summed E-state index contributed by atoms with van der Waals surface area (Å²) >= 11 is 3.09. The van der Waals surface area contributed by atoms with Crippen LogP contribution in [0, 0.1) is 6.92 Å². The van der Waals surface area contributed by atoms with Crippen LogP contribution in [0.4, 0.5) is 8.78 Å². The molecule has 2 rings (SSSR count). The molecule has 0 saturated carbocycles. The lowest BCUT2D eigenvalue weighted by Crippen LogP contribution is -2.31. The zero-order chi connectivity index (χ0) is 17.1. The molecule has 0 radical (unpaired) electrons. The highest BCUT2D eigenvalue weighted by Crippen LogP contribution is 2.28. The Kier molecular flexibility index (Phi) is 5.51. The van der Waals surface area contributed by atoms with E-state index in [1.54, 1.807) is 17.8 Å². The average Bonchev–Trinajstić information content (AvgIpc) is 3.07. The molecule has 1 amide bonds. The molecule has 9 heteroatoms. The van der Waals surface area contributed by atoms with Crippen LogP contribution >= 0.6 is 15.9 Å². The summed E-state index contributed by atoms with van der Waals surface area (Å²) in [4.78, 5) is 12.2.